The van der Waals surface area contributed by atoms with Gasteiger partial charge >= 0.3 is 0 Å². The number of halogens is 1. The molecule has 18 heavy (non-hydrogen) atoms. The summed E-state index contributed by atoms with van der Waals surface area (Å²) in [6.07, 6.45) is 0. The predicted molar refractivity (Wildman–Crippen MR) is 68.0 cm³/mol. The van der Waals surface area contributed by atoms with Crippen molar-refractivity contribution in [2.75, 3.05) is 19.0 Å². The summed E-state index contributed by atoms with van der Waals surface area (Å²) in [5.74, 6) is -0.580. The highest BCUT2D eigenvalue weighted by atomic mass is 32.1. The zero-order valence-corrected chi connectivity index (χ0v) is 10.5. The lowest BCUT2D eigenvalue weighted by molar-refractivity contribution is -0.119. The first-order valence-corrected chi connectivity index (χ1v) is 6.07. The number of thiazole rings is 1. The smallest absolute Gasteiger partial charge is 0.252 e. The highest BCUT2D eigenvalue weighted by Crippen LogP contribution is 2.25. The number of amides is 1. The maximum atomic E-state index is 13.1. The van der Waals surface area contributed by atoms with Crippen LogP contribution in [0.5, 0.6) is 0 Å². The lowest BCUT2D eigenvalue weighted by Crippen LogP contribution is -2.16. The minimum atomic E-state index is -0.314. The van der Waals surface area contributed by atoms with Crippen LogP contribution in [0.25, 0.3) is 11.3 Å². The number of carbonyl (C=O) groups excluding carboxylic acids is 1. The molecule has 0 unspecified atom stereocenters. The second kappa shape index (κ2) is 5.70. The minimum absolute atomic E-state index is 0.0190. The summed E-state index contributed by atoms with van der Waals surface area (Å²) in [6, 6.07) is 6.15. The number of ether oxygens (including phenoxy) is 1. The van der Waals surface area contributed by atoms with Crippen LogP contribution in [-0.2, 0) is 9.53 Å². The normalized spacial score (nSPS) is 10.3. The molecule has 0 saturated heterocycles. The summed E-state index contributed by atoms with van der Waals surface area (Å²) in [7, 11) is 1.44. The third-order valence-electron chi connectivity index (χ3n) is 2.15. The van der Waals surface area contributed by atoms with Crippen LogP contribution in [0.4, 0.5) is 9.52 Å². The molecule has 1 heterocycles. The molecule has 1 N–H and O–H groups in total. The van der Waals surface area contributed by atoms with E-state index in [0.717, 1.165) is 0 Å². The maximum absolute atomic E-state index is 13.1. The van der Waals surface area contributed by atoms with Crippen molar-refractivity contribution >= 4 is 22.4 Å². The molecular weight excluding hydrogens is 255 g/mol. The van der Waals surface area contributed by atoms with Gasteiger partial charge in [-0.2, -0.15) is 0 Å². The number of hydrogen-bond donors (Lipinski definition) is 1. The Balaban J connectivity index is 2.13. The van der Waals surface area contributed by atoms with Crippen LogP contribution in [0.1, 0.15) is 0 Å². The molecule has 0 saturated carbocycles. The van der Waals surface area contributed by atoms with Gasteiger partial charge in [0, 0.05) is 18.1 Å². The summed E-state index contributed by atoms with van der Waals surface area (Å²) >= 11 is 1.28. The summed E-state index contributed by atoms with van der Waals surface area (Å²) < 4.78 is 17.8. The fraction of sp³-hybridized carbons (Fsp3) is 0.167. The van der Waals surface area contributed by atoms with Crippen molar-refractivity contribution in [3.8, 4) is 11.3 Å². The molecule has 0 bridgehead atoms. The van der Waals surface area contributed by atoms with Gasteiger partial charge in [0.15, 0.2) is 5.13 Å². The van der Waals surface area contributed by atoms with E-state index in [0.29, 0.717) is 16.4 Å². The van der Waals surface area contributed by atoms with E-state index < -0.39 is 0 Å². The Morgan fingerprint density at radius 3 is 3.11 bits per heavy atom. The number of benzene rings is 1. The fourth-order valence-corrected chi connectivity index (χ4v) is 2.13. The van der Waals surface area contributed by atoms with Gasteiger partial charge in [0.2, 0.25) is 0 Å². The SMILES string of the molecule is COCC(=O)Nc1nc(-c2cccc(F)c2)cs1. The lowest BCUT2D eigenvalue weighted by atomic mass is 10.2. The Labute approximate surface area is 107 Å². The Hall–Kier alpha value is -1.79. The van der Waals surface area contributed by atoms with E-state index in [4.69, 9.17) is 4.74 Å². The topological polar surface area (TPSA) is 51.2 Å². The summed E-state index contributed by atoms with van der Waals surface area (Å²) in [6.45, 7) is -0.0190. The maximum Gasteiger partial charge on any atom is 0.252 e. The van der Waals surface area contributed by atoms with Gasteiger partial charge in [-0.25, -0.2) is 9.37 Å². The standard InChI is InChI=1S/C12H11FN2O2S/c1-17-6-11(16)15-12-14-10(7-18-12)8-3-2-4-9(13)5-8/h2-5,7H,6H2,1H3,(H,14,15,16). The van der Waals surface area contributed by atoms with Crippen molar-refractivity contribution in [2.45, 2.75) is 0 Å². The average Bonchev–Trinajstić information content (AvgIpc) is 2.78. The molecule has 1 aromatic carbocycles. The molecule has 0 fully saturated rings. The monoisotopic (exact) mass is 266 g/mol. The Kier molecular flexibility index (Phi) is 4.01. The van der Waals surface area contributed by atoms with Crippen molar-refractivity contribution in [2.24, 2.45) is 0 Å². The number of anilines is 1. The molecule has 0 radical (unpaired) electrons. The molecule has 6 heteroatoms. The number of nitrogens with one attached hydrogen (secondary N) is 1. The number of hydrogen-bond acceptors (Lipinski definition) is 4. The number of rotatable bonds is 4. The number of carbonyl (C=O) groups is 1. The van der Waals surface area contributed by atoms with Crippen molar-refractivity contribution in [3.63, 3.8) is 0 Å². The van der Waals surface area contributed by atoms with Gasteiger partial charge in [-0.3, -0.25) is 10.1 Å². The minimum Gasteiger partial charge on any atom is -0.375 e. The first kappa shape index (κ1) is 12.7. The summed E-state index contributed by atoms with van der Waals surface area (Å²) in [5, 5.41) is 4.83. The number of nitrogens with zero attached hydrogens (tertiary/aromatic N) is 1. The van der Waals surface area contributed by atoms with E-state index in [1.807, 2.05) is 0 Å². The largest absolute Gasteiger partial charge is 0.375 e. The molecule has 0 aliphatic heterocycles. The van der Waals surface area contributed by atoms with Crippen LogP contribution in [0.15, 0.2) is 29.6 Å². The Morgan fingerprint density at radius 1 is 1.56 bits per heavy atom. The number of methoxy groups -OCH3 is 1. The van der Waals surface area contributed by atoms with Crippen LogP contribution in [-0.4, -0.2) is 24.6 Å². The molecular formula is C12H11FN2O2S. The van der Waals surface area contributed by atoms with Gasteiger partial charge in [0.25, 0.3) is 5.91 Å². The van der Waals surface area contributed by atoms with Crippen LogP contribution >= 0.6 is 11.3 Å². The molecule has 0 atom stereocenters. The van der Waals surface area contributed by atoms with Gasteiger partial charge < -0.3 is 4.74 Å². The van der Waals surface area contributed by atoms with Gasteiger partial charge in [0.05, 0.1) is 5.69 Å². The highest BCUT2D eigenvalue weighted by Gasteiger charge is 2.08. The molecule has 0 aliphatic carbocycles. The van der Waals surface area contributed by atoms with Crippen molar-refractivity contribution in [1.29, 1.82) is 0 Å². The van der Waals surface area contributed by atoms with Crippen molar-refractivity contribution in [3.05, 3.63) is 35.5 Å². The van der Waals surface area contributed by atoms with Crippen molar-refractivity contribution < 1.29 is 13.9 Å². The zero-order valence-electron chi connectivity index (χ0n) is 9.64. The third-order valence-corrected chi connectivity index (χ3v) is 2.90. The first-order chi connectivity index (χ1) is 8.69. The van der Waals surface area contributed by atoms with Crippen LogP contribution in [0, 0.1) is 5.82 Å². The second-order valence-corrected chi connectivity index (χ2v) is 4.39. The van der Waals surface area contributed by atoms with E-state index in [1.165, 1.54) is 30.6 Å². The van der Waals surface area contributed by atoms with E-state index in [1.54, 1.807) is 17.5 Å². The van der Waals surface area contributed by atoms with E-state index in [9.17, 15) is 9.18 Å². The van der Waals surface area contributed by atoms with Crippen LogP contribution < -0.4 is 5.32 Å². The first-order valence-electron chi connectivity index (χ1n) is 5.19. The lowest BCUT2D eigenvalue weighted by Gasteiger charge is -1.99. The Bertz CT molecular complexity index is 557. The van der Waals surface area contributed by atoms with E-state index >= 15 is 0 Å². The predicted octanol–water partition coefficient (Wildman–Crippen LogP) is 2.53. The van der Waals surface area contributed by atoms with E-state index in [2.05, 4.69) is 10.3 Å². The van der Waals surface area contributed by atoms with Gasteiger partial charge in [-0.1, -0.05) is 12.1 Å². The molecule has 0 spiro atoms. The molecule has 0 aliphatic rings. The quantitative estimate of drug-likeness (QED) is 0.925. The van der Waals surface area contributed by atoms with Crippen LogP contribution in [0.2, 0.25) is 0 Å². The molecule has 1 amide bonds. The molecule has 1 aromatic heterocycles. The summed E-state index contributed by atoms with van der Waals surface area (Å²) in [5.41, 5.74) is 1.31. The van der Waals surface area contributed by atoms with Gasteiger partial charge in [-0.15, -0.1) is 11.3 Å². The third kappa shape index (κ3) is 3.12. The second-order valence-electron chi connectivity index (χ2n) is 3.53. The van der Waals surface area contributed by atoms with Gasteiger partial charge in [-0.05, 0) is 12.1 Å². The zero-order chi connectivity index (χ0) is 13.0. The molecule has 4 nitrogen and oxygen atoms in total. The van der Waals surface area contributed by atoms with Crippen molar-refractivity contribution in [1.82, 2.24) is 4.98 Å². The van der Waals surface area contributed by atoms with E-state index in [-0.39, 0.29) is 18.3 Å². The molecule has 94 valence electrons. The summed E-state index contributed by atoms with van der Waals surface area (Å²) in [4.78, 5) is 15.5. The average molecular weight is 266 g/mol. The number of aromatic nitrogens is 1. The van der Waals surface area contributed by atoms with Crippen LogP contribution in [0.3, 0.4) is 0 Å². The molecule has 2 rings (SSSR count). The highest BCUT2D eigenvalue weighted by molar-refractivity contribution is 7.14. The van der Waals surface area contributed by atoms with Gasteiger partial charge in [0.1, 0.15) is 12.4 Å². The Morgan fingerprint density at radius 2 is 2.39 bits per heavy atom. The molecule has 2 aromatic rings. The fourth-order valence-electron chi connectivity index (χ4n) is 1.40.